The fraction of sp³-hybridized carbons (Fsp3) is 0.350. The number of nitrogens with one attached hydrogen (secondary N) is 1. The molecule has 1 fully saturated rings. The average molecular weight is 427 g/mol. The van der Waals surface area contributed by atoms with Gasteiger partial charge in [0, 0.05) is 0 Å². The third-order valence-electron chi connectivity index (χ3n) is 5.09. The first-order chi connectivity index (χ1) is 13.6. The van der Waals surface area contributed by atoms with Gasteiger partial charge in [-0.05, 0) is 54.7 Å². The molecule has 5 nitrogen and oxygen atoms in total. The first kappa shape index (κ1) is 21.2. The van der Waals surface area contributed by atoms with Crippen LogP contribution in [-0.4, -0.2) is 19.5 Å². The van der Waals surface area contributed by atoms with Crippen LogP contribution in [0.3, 0.4) is 0 Å². The summed E-state index contributed by atoms with van der Waals surface area (Å²) in [4.78, 5) is 11.3. The zero-order valence-electron chi connectivity index (χ0n) is 15.4. The van der Waals surface area contributed by atoms with Crippen LogP contribution in [0.1, 0.15) is 59.5 Å². The number of sulfonamides is 1. The van der Waals surface area contributed by atoms with E-state index in [1.165, 1.54) is 18.6 Å². The number of carboxylic acids is 1. The summed E-state index contributed by atoms with van der Waals surface area (Å²) in [7, 11) is -4.16. The highest BCUT2D eigenvalue weighted by Gasteiger charge is 2.32. The molecule has 0 atom stereocenters. The Kier molecular flexibility index (Phi) is 5.88. The van der Waals surface area contributed by atoms with Gasteiger partial charge in [-0.2, -0.15) is 13.2 Å². The van der Waals surface area contributed by atoms with Crippen LogP contribution in [0.5, 0.6) is 0 Å². The molecule has 0 aromatic heterocycles. The Balaban J connectivity index is 1.86. The van der Waals surface area contributed by atoms with Crippen molar-refractivity contribution in [3.8, 4) is 0 Å². The van der Waals surface area contributed by atoms with Crippen LogP contribution < -0.4 is 4.72 Å². The molecule has 1 aliphatic rings. The van der Waals surface area contributed by atoms with Crippen molar-refractivity contribution in [2.24, 2.45) is 0 Å². The molecule has 0 radical (unpaired) electrons. The van der Waals surface area contributed by atoms with Gasteiger partial charge in [0.2, 0.25) is 0 Å². The van der Waals surface area contributed by atoms with Gasteiger partial charge in [0.1, 0.15) is 0 Å². The number of halogens is 3. The van der Waals surface area contributed by atoms with Gasteiger partial charge in [0.15, 0.2) is 0 Å². The van der Waals surface area contributed by atoms with E-state index in [-0.39, 0.29) is 4.90 Å². The van der Waals surface area contributed by atoms with E-state index in [9.17, 15) is 31.5 Å². The summed E-state index contributed by atoms with van der Waals surface area (Å²) in [6.45, 7) is 0. The number of carbonyl (C=O) groups is 1. The van der Waals surface area contributed by atoms with E-state index in [0.29, 0.717) is 18.1 Å². The Morgan fingerprint density at radius 2 is 1.62 bits per heavy atom. The van der Waals surface area contributed by atoms with Gasteiger partial charge in [-0.25, -0.2) is 13.2 Å². The molecule has 0 amide bonds. The van der Waals surface area contributed by atoms with Gasteiger partial charge in [-0.15, -0.1) is 0 Å². The number of aromatic carboxylic acids is 1. The smallest absolute Gasteiger partial charge is 0.416 e. The maximum absolute atomic E-state index is 12.8. The maximum Gasteiger partial charge on any atom is 0.416 e. The number of hydrogen-bond acceptors (Lipinski definition) is 3. The Morgan fingerprint density at radius 1 is 1.00 bits per heavy atom. The molecule has 2 aromatic carbocycles. The second kappa shape index (κ2) is 8.06. The van der Waals surface area contributed by atoms with Crippen molar-refractivity contribution >= 4 is 21.7 Å². The van der Waals surface area contributed by atoms with Crippen LogP contribution in [0.2, 0.25) is 0 Å². The summed E-state index contributed by atoms with van der Waals surface area (Å²) in [5, 5.41) is 9.20. The zero-order valence-corrected chi connectivity index (χ0v) is 16.2. The van der Waals surface area contributed by atoms with Gasteiger partial charge < -0.3 is 5.11 Å². The number of benzene rings is 2. The molecule has 2 aromatic rings. The van der Waals surface area contributed by atoms with Crippen LogP contribution in [0, 0.1) is 0 Å². The Labute approximate surface area is 166 Å². The van der Waals surface area contributed by atoms with Crippen molar-refractivity contribution in [1.82, 2.24) is 0 Å². The quantitative estimate of drug-likeness (QED) is 0.683. The van der Waals surface area contributed by atoms with Crippen LogP contribution >= 0.6 is 0 Å². The lowest BCUT2D eigenvalue weighted by Crippen LogP contribution is -2.17. The van der Waals surface area contributed by atoms with Crippen LogP contribution in [0.25, 0.3) is 0 Å². The van der Waals surface area contributed by atoms with Crippen molar-refractivity contribution in [1.29, 1.82) is 0 Å². The molecule has 1 saturated carbocycles. The molecule has 2 N–H and O–H groups in total. The van der Waals surface area contributed by atoms with Gasteiger partial charge in [-0.1, -0.05) is 31.4 Å². The molecule has 0 aliphatic heterocycles. The fourth-order valence-electron chi connectivity index (χ4n) is 3.55. The highest BCUT2D eigenvalue weighted by atomic mass is 32.2. The third-order valence-corrected chi connectivity index (χ3v) is 6.47. The Hall–Kier alpha value is -2.55. The van der Waals surface area contributed by atoms with E-state index >= 15 is 0 Å². The molecular weight excluding hydrogens is 407 g/mol. The van der Waals surface area contributed by atoms with E-state index in [1.54, 1.807) is 12.1 Å². The van der Waals surface area contributed by atoms with Gasteiger partial charge in [0.05, 0.1) is 21.7 Å². The lowest BCUT2D eigenvalue weighted by atomic mass is 9.84. The molecule has 9 heteroatoms. The minimum atomic E-state index is -4.74. The van der Waals surface area contributed by atoms with E-state index < -0.39 is 39.0 Å². The maximum atomic E-state index is 12.8. The summed E-state index contributed by atoms with van der Waals surface area (Å²) in [6.07, 6.45) is 0.842. The highest BCUT2D eigenvalue weighted by molar-refractivity contribution is 7.92. The SMILES string of the molecule is O=C(O)c1cc(C(F)(F)F)ccc1NS(=O)(=O)c1ccc(C2CCCCC2)cc1. The normalized spacial score (nSPS) is 15.8. The van der Waals surface area contributed by atoms with Crippen LogP contribution in [-0.2, 0) is 16.2 Å². The molecule has 3 rings (SSSR count). The van der Waals surface area contributed by atoms with Crippen molar-refractivity contribution in [3.63, 3.8) is 0 Å². The van der Waals surface area contributed by atoms with Crippen LogP contribution in [0.4, 0.5) is 18.9 Å². The molecular formula is C20H20F3NO4S. The lowest BCUT2D eigenvalue weighted by molar-refractivity contribution is -0.137. The van der Waals surface area contributed by atoms with Crippen molar-refractivity contribution in [2.75, 3.05) is 4.72 Å². The first-order valence-corrected chi connectivity index (χ1v) is 10.6. The summed E-state index contributed by atoms with van der Waals surface area (Å²) in [5.74, 6) is -1.27. The number of carboxylic acid groups (broad SMARTS) is 1. The molecule has 0 heterocycles. The number of anilines is 1. The zero-order chi connectivity index (χ0) is 21.2. The van der Waals surface area contributed by atoms with Crippen molar-refractivity contribution < 1.29 is 31.5 Å². The minimum absolute atomic E-state index is 0.0895. The average Bonchev–Trinajstić information content (AvgIpc) is 2.68. The van der Waals surface area contributed by atoms with E-state index in [2.05, 4.69) is 4.72 Å². The van der Waals surface area contributed by atoms with E-state index in [1.807, 2.05) is 0 Å². The molecule has 1 aliphatic carbocycles. The van der Waals surface area contributed by atoms with E-state index in [4.69, 9.17) is 0 Å². The number of hydrogen-bond donors (Lipinski definition) is 2. The summed E-state index contributed by atoms with van der Waals surface area (Å²) in [6, 6.07) is 8.17. The topological polar surface area (TPSA) is 83.5 Å². The molecule has 0 saturated heterocycles. The summed E-state index contributed by atoms with van der Waals surface area (Å²) in [5.41, 5.74) is -1.33. The molecule has 0 unspecified atom stereocenters. The van der Waals surface area contributed by atoms with Crippen molar-refractivity contribution in [3.05, 3.63) is 59.2 Å². The summed E-state index contributed by atoms with van der Waals surface area (Å²) >= 11 is 0. The standard InChI is InChI=1S/C20H20F3NO4S/c21-20(22,23)15-8-11-18(17(12-15)19(25)26)24-29(27,28)16-9-6-14(7-10-16)13-4-2-1-3-5-13/h6-13,24H,1-5H2,(H,25,26). The second-order valence-electron chi connectivity index (χ2n) is 7.07. The molecule has 156 valence electrons. The van der Waals surface area contributed by atoms with Gasteiger partial charge >= 0.3 is 12.1 Å². The second-order valence-corrected chi connectivity index (χ2v) is 8.76. The Bertz CT molecular complexity index is 995. The molecule has 29 heavy (non-hydrogen) atoms. The predicted octanol–water partition coefficient (Wildman–Crippen LogP) is 5.25. The molecule has 0 bridgehead atoms. The van der Waals surface area contributed by atoms with Gasteiger partial charge in [-0.3, -0.25) is 4.72 Å². The first-order valence-electron chi connectivity index (χ1n) is 9.15. The third kappa shape index (κ3) is 4.90. The fourth-order valence-corrected chi connectivity index (χ4v) is 4.63. The highest BCUT2D eigenvalue weighted by Crippen LogP contribution is 2.34. The van der Waals surface area contributed by atoms with Crippen molar-refractivity contribution in [2.45, 2.75) is 49.1 Å². The lowest BCUT2D eigenvalue weighted by Gasteiger charge is -2.22. The monoisotopic (exact) mass is 427 g/mol. The number of rotatable bonds is 5. The minimum Gasteiger partial charge on any atom is -0.478 e. The molecule has 0 spiro atoms. The predicted molar refractivity (Wildman–Crippen MR) is 101 cm³/mol. The van der Waals surface area contributed by atoms with Gasteiger partial charge in [0.25, 0.3) is 10.0 Å². The number of alkyl halides is 3. The largest absolute Gasteiger partial charge is 0.478 e. The summed E-state index contributed by atoms with van der Waals surface area (Å²) < 4.78 is 65.8. The Morgan fingerprint density at radius 3 is 2.17 bits per heavy atom. The van der Waals surface area contributed by atoms with E-state index in [0.717, 1.165) is 37.3 Å². The van der Waals surface area contributed by atoms with Crippen LogP contribution in [0.15, 0.2) is 47.4 Å².